The lowest BCUT2D eigenvalue weighted by molar-refractivity contribution is 0.0650. The third-order valence-corrected chi connectivity index (χ3v) is 4.00. The van der Waals surface area contributed by atoms with Crippen LogP contribution in [0.25, 0.3) is 0 Å². The third-order valence-electron chi connectivity index (χ3n) is 4.00. The molecule has 1 aromatic heterocycles. The van der Waals surface area contributed by atoms with Crippen LogP contribution in [0.3, 0.4) is 0 Å². The summed E-state index contributed by atoms with van der Waals surface area (Å²) in [6, 6.07) is 0. The van der Waals surface area contributed by atoms with Crippen LogP contribution in [0.5, 0.6) is 0 Å². The quantitative estimate of drug-likeness (QED) is 0.859. The van der Waals surface area contributed by atoms with Crippen molar-refractivity contribution in [3.05, 3.63) is 11.6 Å². The molecule has 2 heterocycles. The summed E-state index contributed by atoms with van der Waals surface area (Å²) in [5.74, 6) is 1.24. The zero-order chi connectivity index (χ0) is 14.0. The van der Waals surface area contributed by atoms with Gasteiger partial charge in [-0.05, 0) is 26.8 Å². The van der Waals surface area contributed by atoms with Crippen LogP contribution in [0.4, 0.5) is 0 Å². The highest BCUT2D eigenvalue weighted by atomic mass is 16.2. The molecule has 1 aromatic rings. The monoisotopic (exact) mass is 265 g/mol. The molecule has 0 aromatic carbocycles. The maximum absolute atomic E-state index is 12.3. The summed E-state index contributed by atoms with van der Waals surface area (Å²) < 4.78 is 0. The number of carbonyl (C=O) groups is 1. The molecule has 1 aliphatic heterocycles. The van der Waals surface area contributed by atoms with Crippen molar-refractivity contribution < 1.29 is 4.79 Å². The Bertz CT molecular complexity index is 446. The molecular weight excluding hydrogens is 242 g/mol. The van der Waals surface area contributed by atoms with Gasteiger partial charge >= 0.3 is 0 Å². The molecule has 1 aliphatic rings. The highest BCUT2D eigenvalue weighted by Crippen LogP contribution is 2.22. The number of likely N-dealkylation sites (tertiary alicyclic amines) is 1. The lowest BCUT2D eigenvalue weighted by Crippen LogP contribution is -2.51. The second-order valence-electron chi connectivity index (χ2n) is 5.80. The van der Waals surface area contributed by atoms with E-state index in [4.69, 9.17) is 0 Å². The fraction of sp³-hybridized carbons (Fsp3) is 0.769. The van der Waals surface area contributed by atoms with E-state index in [9.17, 15) is 4.79 Å². The van der Waals surface area contributed by atoms with E-state index < -0.39 is 0 Å². The van der Waals surface area contributed by atoms with E-state index in [1.165, 1.54) is 0 Å². The topological polar surface area (TPSA) is 73.9 Å². The number of hydrogen-bond donors (Lipinski definition) is 2. The van der Waals surface area contributed by atoms with Gasteiger partial charge in [0.1, 0.15) is 5.82 Å². The van der Waals surface area contributed by atoms with Crippen molar-refractivity contribution in [2.45, 2.75) is 45.1 Å². The maximum Gasteiger partial charge on any atom is 0.293 e. The second kappa shape index (κ2) is 5.28. The Balaban J connectivity index is 2.01. The Morgan fingerprint density at radius 3 is 2.53 bits per heavy atom. The first-order valence-electron chi connectivity index (χ1n) is 6.86. The molecule has 0 bridgehead atoms. The lowest BCUT2D eigenvalue weighted by atomic mass is 9.90. The number of amides is 1. The molecule has 0 atom stereocenters. The fourth-order valence-corrected chi connectivity index (χ4v) is 2.22. The largest absolute Gasteiger partial charge is 0.336 e. The van der Waals surface area contributed by atoms with E-state index in [1.807, 2.05) is 25.8 Å². The van der Waals surface area contributed by atoms with Crippen molar-refractivity contribution in [2.75, 3.05) is 20.1 Å². The van der Waals surface area contributed by atoms with Crippen LogP contribution < -0.4 is 5.32 Å². The van der Waals surface area contributed by atoms with E-state index in [1.54, 1.807) is 0 Å². The first kappa shape index (κ1) is 14.0. The van der Waals surface area contributed by atoms with Gasteiger partial charge in [0.2, 0.25) is 5.82 Å². The molecule has 0 aliphatic carbocycles. The number of carbonyl (C=O) groups excluding carboxylic acids is 1. The Hall–Kier alpha value is -1.43. The molecule has 1 fully saturated rings. The Morgan fingerprint density at radius 1 is 1.42 bits per heavy atom. The van der Waals surface area contributed by atoms with Crippen LogP contribution in [-0.4, -0.2) is 51.7 Å². The van der Waals surface area contributed by atoms with Crippen molar-refractivity contribution in [3.63, 3.8) is 0 Å². The summed E-state index contributed by atoms with van der Waals surface area (Å²) >= 11 is 0. The summed E-state index contributed by atoms with van der Waals surface area (Å²) in [4.78, 5) is 18.4. The number of rotatable bonds is 3. The molecule has 19 heavy (non-hydrogen) atoms. The molecule has 6 heteroatoms. The minimum Gasteiger partial charge on any atom is -0.336 e. The lowest BCUT2D eigenvalue weighted by Gasteiger charge is -2.38. The van der Waals surface area contributed by atoms with Gasteiger partial charge in [-0.1, -0.05) is 13.8 Å². The number of piperidine rings is 1. The van der Waals surface area contributed by atoms with Crippen LogP contribution in [0.1, 0.15) is 56.0 Å². The maximum atomic E-state index is 12.3. The number of H-pyrrole nitrogens is 1. The summed E-state index contributed by atoms with van der Waals surface area (Å²) in [6.45, 7) is 7.74. The van der Waals surface area contributed by atoms with Gasteiger partial charge in [0.05, 0.1) is 0 Å². The van der Waals surface area contributed by atoms with Gasteiger partial charge in [0.25, 0.3) is 5.91 Å². The summed E-state index contributed by atoms with van der Waals surface area (Å²) in [5.41, 5.74) is 0.138. The van der Waals surface area contributed by atoms with Gasteiger partial charge in [-0.2, -0.15) is 0 Å². The molecular formula is C13H23N5O. The van der Waals surface area contributed by atoms with Crippen molar-refractivity contribution in [1.29, 1.82) is 0 Å². The molecule has 2 rings (SSSR count). The molecule has 0 unspecified atom stereocenters. The van der Waals surface area contributed by atoms with Crippen molar-refractivity contribution in [2.24, 2.45) is 0 Å². The number of nitrogens with one attached hydrogen (secondary N) is 2. The van der Waals surface area contributed by atoms with E-state index in [0.717, 1.165) is 31.8 Å². The molecule has 6 nitrogen and oxygen atoms in total. The van der Waals surface area contributed by atoms with Crippen LogP contribution in [0, 0.1) is 0 Å². The van der Waals surface area contributed by atoms with Gasteiger partial charge < -0.3 is 10.2 Å². The first-order chi connectivity index (χ1) is 8.95. The van der Waals surface area contributed by atoms with E-state index >= 15 is 0 Å². The summed E-state index contributed by atoms with van der Waals surface area (Å²) in [7, 11) is 1.97. The van der Waals surface area contributed by atoms with E-state index in [-0.39, 0.29) is 23.2 Å². The number of nitrogens with zero attached hydrogens (tertiary/aromatic N) is 3. The highest BCUT2D eigenvalue weighted by Gasteiger charge is 2.31. The minimum absolute atomic E-state index is 0.0682. The van der Waals surface area contributed by atoms with Gasteiger partial charge in [0.15, 0.2) is 0 Å². The first-order valence-corrected chi connectivity index (χ1v) is 6.86. The predicted molar refractivity (Wildman–Crippen MR) is 73.1 cm³/mol. The minimum atomic E-state index is -0.0682. The second-order valence-corrected chi connectivity index (χ2v) is 5.80. The molecule has 1 saturated heterocycles. The smallest absolute Gasteiger partial charge is 0.293 e. The molecule has 106 valence electrons. The molecule has 0 saturated carbocycles. The standard InChI is InChI=1S/C13H23N5O/c1-9(2)10-15-11(17-16-10)12(19)18-7-5-13(3,14-4)6-8-18/h9,14H,5-8H2,1-4H3,(H,15,16,17). The average molecular weight is 265 g/mol. The van der Waals surface area contributed by atoms with Crippen LogP contribution in [0.15, 0.2) is 0 Å². The van der Waals surface area contributed by atoms with Gasteiger partial charge in [-0.15, -0.1) is 5.10 Å². The van der Waals surface area contributed by atoms with Gasteiger partial charge in [0, 0.05) is 24.5 Å². The normalized spacial score (nSPS) is 18.9. The summed E-state index contributed by atoms with van der Waals surface area (Å²) in [6.07, 6.45) is 1.91. The van der Waals surface area contributed by atoms with Gasteiger partial charge in [-0.3, -0.25) is 9.89 Å². The number of aromatic nitrogens is 3. The van der Waals surface area contributed by atoms with Crippen LogP contribution in [-0.2, 0) is 0 Å². The molecule has 2 N–H and O–H groups in total. The fourth-order valence-electron chi connectivity index (χ4n) is 2.22. The van der Waals surface area contributed by atoms with Crippen molar-refractivity contribution in [1.82, 2.24) is 25.4 Å². The Labute approximate surface area is 114 Å². The summed E-state index contributed by atoms with van der Waals surface area (Å²) in [5, 5.41) is 10.2. The SMILES string of the molecule is CNC1(C)CCN(C(=O)c2n[nH]c(C(C)C)n2)CC1. The van der Waals surface area contributed by atoms with E-state index in [0.29, 0.717) is 0 Å². The van der Waals surface area contributed by atoms with Crippen LogP contribution in [0.2, 0.25) is 0 Å². The highest BCUT2D eigenvalue weighted by molar-refractivity contribution is 5.90. The van der Waals surface area contributed by atoms with Crippen molar-refractivity contribution in [3.8, 4) is 0 Å². The van der Waals surface area contributed by atoms with Crippen molar-refractivity contribution >= 4 is 5.91 Å². The Kier molecular flexibility index (Phi) is 3.89. The number of aromatic amines is 1. The zero-order valence-electron chi connectivity index (χ0n) is 12.2. The Morgan fingerprint density at radius 2 is 2.05 bits per heavy atom. The molecule has 1 amide bonds. The molecule has 0 spiro atoms. The predicted octanol–water partition coefficient (Wildman–Crippen LogP) is 1.14. The average Bonchev–Trinajstić information content (AvgIpc) is 2.88. The third kappa shape index (κ3) is 2.94. The number of hydrogen-bond acceptors (Lipinski definition) is 4. The van der Waals surface area contributed by atoms with Crippen LogP contribution >= 0.6 is 0 Å². The zero-order valence-corrected chi connectivity index (χ0v) is 12.2. The van der Waals surface area contributed by atoms with Gasteiger partial charge in [-0.25, -0.2) is 4.98 Å². The molecule has 0 radical (unpaired) electrons. The van der Waals surface area contributed by atoms with E-state index in [2.05, 4.69) is 27.4 Å².